The molecule has 0 bridgehead atoms. The minimum Gasteiger partial charge on any atom is -0.375 e. The van der Waals surface area contributed by atoms with E-state index in [-0.39, 0.29) is 11.0 Å². The fraction of sp³-hybridized carbons (Fsp3) is 0.538. The molecule has 1 aliphatic heterocycles. The Hall–Kier alpha value is -2.01. The quantitative estimate of drug-likeness (QED) is 0.510. The zero-order chi connectivity index (χ0) is 22.1. The van der Waals surface area contributed by atoms with Crippen molar-refractivity contribution in [2.45, 2.75) is 69.1 Å². The van der Waals surface area contributed by atoms with E-state index in [2.05, 4.69) is 43.1 Å². The van der Waals surface area contributed by atoms with Gasteiger partial charge in [0.05, 0.1) is 11.2 Å². The minimum absolute atomic E-state index is 0.108. The molecule has 1 atom stereocenters. The van der Waals surface area contributed by atoms with Gasteiger partial charge < -0.3 is 9.64 Å². The van der Waals surface area contributed by atoms with Gasteiger partial charge in [-0.2, -0.15) is 13.2 Å². The van der Waals surface area contributed by atoms with Crippen LogP contribution in [0.3, 0.4) is 0 Å². The van der Waals surface area contributed by atoms with Gasteiger partial charge in [0.2, 0.25) is 0 Å². The summed E-state index contributed by atoms with van der Waals surface area (Å²) in [5.74, 6) is 0. The molecule has 1 spiro atoms. The summed E-state index contributed by atoms with van der Waals surface area (Å²) >= 11 is 0. The molecule has 0 N–H and O–H groups in total. The van der Waals surface area contributed by atoms with Gasteiger partial charge in [0.1, 0.15) is 0 Å². The van der Waals surface area contributed by atoms with Gasteiger partial charge in [-0.3, -0.25) is 0 Å². The SMILES string of the molecule is Cc1cccc(N(C)CC[C@@]2(c3ccc(C(F)(F)F)cc3)CCOC3(CCCC3)C2)c1. The summed E-state index contributed by atoms with van der Waals surface area (Å²) in [5, 5.41) is 0. The van der Waals surface area contributed by atoms with Crippen LogP contribution in [0.25, 0.3) is 0 Å². The Labute approximate surface area is 183 Å². The van der Waals surface area contributed by atoms with Crippen LogP contribution < -0.4 is 4.90 Å². The second-order valence-electron chi connectivity index (χ2n) is 9.53. The number of aryl methyl sites for hydroxylation is 1. The lowest BCUT2D eigenvalue weighted by Crippen LogP contribution is -2.47. The maximum Gasteiger partial charge on any atom is 0.416 e. The molecule has 4 rings (SSSR count). The minimum atomic E-state index is -4.31. The number of halogens is 3. The molecule has 2 aliphatic rings. The first-order valence-corrected chi connectivity index (χ1v) is 11.3. The van der Waals surface area contributed by atoms with Gasteiger partial charge in [0, 0.05) is 31.3 Å². The molecule has 2 fully saturated rings. The topological polar surface area (TPSA) is 12.5 Å². The molecule has 1 heterocycles. The van der Waals surface area contributed by atoms with Gasteiger partial charge in [-0.15, -0.1) is 0 Å². The number of hydrogen-bond acceptors (Lipinski definition) is 2. The van der Waals surface area contributed by atoms with Gasteiger partial charge in [-0.1, -0.05) is 37.1 Å². The van der Waals surface area contributed by atoms with Crippen LogP contribution in [-0.4, -0.2) is 25.8 Å². The summed E-state index contributed by atoms with van der Waals surface area (Å²) in [6.45, 7) is 3.61. The molecular weight excluding hydrogens is 399 g/mol. The molecule has 2 aromatic rings. The van der Waals surface area contributed by atoms with Crippen molar-refractivity contribution in [3.63, 3.8) is 0 Å². The van der Waals surface area contributed by atoms with Gasteiger partial charge in [-0.05, 0) is 74.4 Å². The van der Waals surface area contributed by atoms with Crippen LogP contribution in [0.5, 0.6) is 0 Å². The first-order valence-electron chi connectivity index (χ1n) is 11.3. The van der Waals surface area contributed by atoms with Gasteiger partial charge >= 0.3 is 6.18 Å². The fourth-order valence-electron chi connectivity index (χ4n) is 5.55. The van der Waals surface area contributed by atoms with Gasteiger partial charge in [0.25, 0.3) is 0 Å². The summed E-state index contributed by atoms with van der Waals surface area (Å²) in [6.07, 6.45) is 2.80. The predicted molar refractivity (Wildman–Crippen MR) is 119 cm³/mol. The van der Waals surface area contributed by atoms with Crippen LogP contribution in [0.15, 0.2) is 48.5 Å². The highest BCUT2D eigenvalue weighted by Crippen LogP contribution is 2.50. The Kier molecular flexibility index (Phi) is 6.08. The molecule has 31 heavy (non-hydrogen) atoms. The highest BCUT2D eigenvalue weighted by molar-refractivity contribution is 5.47. The Morgan fingerprint density at radius 1 is 1.00 bits per heavy atom. The molecule has 2 aromatic carbocycles. The van der Waals surface area contributed by atoms with E-state index in [0.717, 1.165) is 44.2 Å². The van der Waals surface area contributed by atoms with Crippen LogP contribution in [0.1, 0.15) is 61.6 Å². The molecule has 1 saturated heterocycles. The van der Waals surface area contributed by atoms with E-state index in [1.54, 1.807) is 12.1 Å². The van der Waals surface area contributed by atoms with Crippen LogP contribution in [0, 0.1) is 6.92 Å². The monoisotopic (exact) mass is 431 g/mol. The second kappa shape index (κ2) is 8.50. The second-order valence-corrected chi connectivity index (χ2v) is 9.53. The third kappa shape index (κ3) is 4.77. The van der Waals surface area contributed by atoms with Gasteiger partial charge in [0.15, 0.2) is 0 Å². The number of anilines is 1. The lowest BCUT2D eigenvalue weighted by atomic mass is 9.66. The molecule has 1 saturated carbocycles. The maximum atomic E-state index is 13.1. The Morgan fingerprint density at radius 3 is 2.35 bits per heavy atom. The predicted octanol–water partition coefficient (Wildman–Crippen LogP) is 6.90. The van der Waals surface area contributed by atoms with E-state index in [1.807, 2.05) is 0 Å². The molecule has 0 unspecified atom stereocenters. The lowest BCUT2D eigenvalue weighted by molar-refractivity contribution is -0.137. The van der Waals surface area contributed by atoms with E-state index in [0.29, 0.717) is 6.61 Å². The normalized spacial score (nSPS) is 23.3. The number of nitrogens with zero attached hydrogens (tertiary/aromatic N) is 1. The molecule has 2 nitrogen and oxygen atoms in total. The molecular formula is C26H32F3NO. The third-order valence-electron chi connectivity index (χ3n) is 7.36. The molecule has 0 radical (unpaired) electrons. The molecule has 0 aromatic heterocycles. The molecule has 168 valence electrons. The standard InChI is InChI=1S/C26H32F3NO/c1-20-6-5-7-23(18-20)30(2)16-14-24(15-17-31-25(19-24)12-3-4-13-25)21-8-10-22(11-9-21)26(27,28)29/h5-11,18H,3-4,12-17,19H2,1-2H3/t24-/m1/s1. The van der Waals surface area contributed by atoms with E-state index in [1.165, 1.54) is 36.2 Å². The molecule has 1 aliphatic carbocycles. The lowest BCUT2D eigenvalue weighted by Gasteiger charge is -2.47. The summed E-state index contributed by atoms with van der Waals surface area (Å²) in [6, 6.07) is 14.4. The highest BCUT2D eigenvalue weighted by Gasteiger charge is 2.48. The van der Waals surface area contributed by atoms with Crippen molar-refractivity contribution in [2.75, 3.05) is 25.1 Å². The number of hydrogen-bond donors (Lipinski definition) is 0. The van der Waals surface area contributed by atoms with E-state index in [9.17, 15) is 13.2 Å². The summed E-state index contributed by atoms with van der Waals surface area (Å²) in [4.78, 5) is 2.26. The van der Waals surface area contributed by atoms with Crippen LogP contribution in [0.2, 0.25) is 0 Å². The average Bonchev–Trinajstić information content (AvgIpc) is 3.19. The maximum absolute atomic E-state index is 13.1. The molecule has 5 heteroatoms. The smallest absolute Gasteiger partial charge is 0.375 e. The number of alkyl halides is 3. The highest BCUT2D eigenvalue weighted by atomic mass is 19.4. The Bertz CT molecular complexity index is 886. The first kappa shape index (κ1) is 22.2. The van der Waals surface area contributed by atoms with Crippen molar-refractivity contribution in [2.24, 2.45) is 0 Å². The number of benzene rings is 2. The molecule has 0 amide bonds. The number of rotatable bonds is 5. The average molecular weight is 432 g/mol. The Morgan fingerprint density at radius 2 is 1.71 bits per heavy atom. The van der Waals surface area contributed by atoms with E-state index < -0.39 is 11.7 Å². The van der Waals surface area contributed by atoms with Crippen molar-refractivity contribution < 1.29 is 17.9 Å². The van der Waals surface area contributed by atoms with Gasteiger partial charge in [-0.25, -0.2) is 0 Å². The van der Waals surface area contributed by atoms with Crippen LogP contribution in [0.4, 0.5) is 18.9 Å². The fourth-order valence-corrected chi connectivity index (χ4v) is 5.55. The largest absolute Gasteiger partial charge is 0.416 e. The van der Waals surface area contributed by atoms with Crippen molar-refractivity contribution in [3.05, 3.63) is 65.2 Å². The summed E-state index contributed by atoms with van der Waals surface area (Å²) in [7, 11) is 2.10. The van der Waals surface area contributed by atoms with Crippen LogP contribution in [-0.2, 0) is 16.3 Å². The third-order valence-corrected chi connectivity index (χ3v) is 7.36. The van der Waals surface area contributed by atoms with Crippen molar-refractivity contribution >= 4 is 5.69 Å². The number of ether oxygens (including phenoxy) is 1. The summed E-state index contributed by atoms with van der Waals surface area (Å²) < 4.78 is 45.7. The Balaban J connectivity index is 1.61. The van der Waals surface area contributed by atoms with Crippen molar-refractivity contribution in [3.8, 4) is 0 Å². The van der Waals surface area contributed by atoms with Crippen molar-refractivity contribution in [1.82, 2.24) is 0 Å². The van der Waals surface area contributed by atoms with E-state index >= 15 is 0 Å². The van der Waals surface area contributed by atoms with Crippen molar-refractivity contribution in [1.29, 1.82) is 0 Å². The first-order chi connectivity index (χ1) is 14.7. The zero-order valence-electron chi connectivity index (χ0n) is 18.5. The van der Waals surface area contributed by atoms with Crippen LogP contribution >= 0.6 is 0 Å². The van der Waals surface area contributed by atoms with E-state index in [4.69, 9.17) is 4.74 Å². The zero-order valence-corrected chi connectivity index (χ0v) is 18.5. The summed E-state index contributed by atoms with van der Waals surface area (Å²) in [5.41, 5.74) is 2.56.